The highest BCUT2D eigenvalue weighted by Gasteiger charge is 2.22. The van der Waals surface area contributed by atoms with Crippen LogP contribution in [0, 0.1) is 11.6 Å². The first kappa shape index (κ1) is 19.0. The third kappa shape index (κ3) is 3.33. The van der Waals surface area contributed by atoms with Gasteiger partial charge in [-0.15, -0.1) is 10.2 Å². The SMILES string of the molecule is C/C(=N\N1CCOC1=O)c1ccc2nnc(Cc3c(F)cc4ncccc4c3F)n2n1. The standard InChI is InChI=1S/C20H15F2N7O2/c1-11(26-28-7-8-31-20(28)30)15-4-5-17-24-25-18(29(17)27-15)9-13-14(21)10-16-12(19(13)22)3-2-6-23-16/h2-6,10H,7-9H2,1H3/b26-11+. The van der Waals surface area contributed by atoms with Crippen molar-refractivity contribution in [1.29, 1.82) is 0 Å². The number of hydrogen-bond acceptors (Lipinski definition) is 7. The van der Waals surface area contributed by atoms with Gasteiger partial charge in [0.25, 0.3) is 0 Å². The molecular formula is C20H15F2N7O2. The monoisotopic (exact) mass is 423 g/mol. The van der Waals surface area contributed by atoms with Crippen LogP contribution in [0.5, 0.6) is 0 Å². The molecule has 1 fully saturated rings. The molecule has 4 aromatic rings. The summed E-state index contributed by atoms with van der Waals surface area (Å²) in [5.74, 6) is -1.16. The summed E-state index contributed by atoms with van der Waals surface area (Å²) >= 11 is 0. The number of cyclic esters (lactones) is 1. The number of amides is 1. The van der Waals surface area contributed by atoms with E-state index in [1.807, 2.05) is 0 Å². The molecule has 0 unspecified atom stereocenters. The Morgan fingerprint density at radius 1 is 1.26 bits per heavy atom. The molecule has 0 aliphatic carbocycles. The Morgan fingerprint density at radius 3 is 2.94 bits per heavy atom. The van der Waals surface area contributed by atoms with Gasteiger partial charge in [0.05, 0.1) is 17.8 Å². The zero-order valence-electron chi connectivity index (χ0n) is 16.3. The molecule has 31 heavy (non-hydrogen) atoms. The molecule has 1 amide bonds. The molecule has 1 aliphatic rings. The summed E-state index contributed by atoms with van der Waals surface area (Å²) in [4.78, 5) is 15.6. The van der Waals surface area contributed by atoms with E-state index in [1.54, 1.807) is 31.2 Å². The summed E-state index contributed by atoms with van der Waals surface area (Å²) in [5, 5.41) is 18.2. The second kappa shape index (κ2) is 7.35. The first-order valence-electron chi connectivity index (χ1n) is 9.44. The minimum absolute atomic E-state index is 0.146. The number of benzene rings is 1. The highest BCUT2D eigenvalue weighted by molar-refractivity contribution is 5.97. The summed E-state index contributed by atoms with van der Waals surface area (Å²) in [7, 11) is 0. The van der Waals surface area contributed by atoms with Crippen LogP contribution in [0.15, 0.2) is 41.6 Å². The van der Waals surface area contributed by atoms with E-state index in [4.69, 9.17) is 4.74 Å². The fourth-order valence-electron chi connectivity index (χ4n) is 3.36. The lowest BCUT2D eigenvalue weighted by Gasteiger charge is -2.09. The van der Waals surface area contributed by atoms with Crippen LogP contribution in [0.3, 0.4) is 0 Å². The molecule has 0 atom stereocenters. The first-order valence-corrected chi connectivity index (χ1v) is 9.44. The van der Waals surface area contributed by atoms with Gasteiger partial charge in [0.1, 0.15) is 23.9 Å². The highest BCUT2D eigenvalue weighted by atomic mass is 19.1. The minimum atomic E-state index is -0.720. The predicted octanol–water partition coefficient (Wildman–Crippen LogP) is 2.72. The van der Waals surface area contributed by atoms with Gasteiger partial charge in [-0.3, -0.25) is 4.98 Å². The topological polar surface area (TPSA) is 97.9 Å². The van der Waals surface area contributed by atoms with Gasteiger partial charge < -0.3 is 4.74 Å². The second-order valence-electron chi connectivity index (χ2n) is 6.93. The number of halogens is 2. The number of fused-ring (bicyclic) bond motifs is 2. The Hall–Kier alpha value is -4.02. The largest absolute Gasteiger partial charge is 0.446 e. The van der Waals surface area contributed by atoms with Gasteiger partial charge in [0, 0.05) is 29.6 Å². The lowest BCUT2D eigenvalue weighted by molar-refractivity contribution is 0.159. The molecule has 0 radical (unpaired) electrons. The molecule has 1 saturated heterocycles. The van der Waals surface area contributed by atoms with Crippen molar-refractivity contribution in [2.45, 2.75) is 13.3 Å². The second-order valence-corrected chi connectivity index (χ2v) is 6.93. The van der Waals surface area contributed by atoms with E-state index in [2.05, 4.69) is 25.4 Å². The molecule has 0 saturated carbocycles. The summed E-state index contributed by atoms with van der Waals surface area (Å²) < 4.78 is 35.8. The molecule has 1 aromatic carbocycles. The molecule has 156 valence electrons. The van der Waals surface area contributed by atoms with Crippen LogP contribution in [-0.2, 0) is 11.2 Å². The number of nitrogens with zero attached hydrogens (tertiary/aromatic N) is 7. The number of pyridine rings is 1. The van der Waals surface area contributed by atoms with Gasteiger partial charge in [0.15, 0.2) is 11.5 Å². The van der Waals surface area contributed by atoms with E-state index in [-0.39, 0.29) is 35.3 Å². The number of carbonyl (C=O) groups excluding carboxylic acids is 1. The van der Waals surface area contributed by atoms with Crippen molar-refractivity contribution in [1.82, 2.24) is 29.8 Å². The molecule has 11 heteroatoms. The predicted molar refractivity (Wildman–Crippen MR) is 106 cm³/mol. The lowest BCUT2D eigenvalue weighted by Crippen LogP contribution is -2.20. The van der Waals surface area contributed by atoms with E-state index in [9.17, 15) is 13.6 Å². The van der Waals surface area contributed by atoms with Crippen LogP contribution in [0.2, 0.25) is 0 Å². The van der Waals surface area contributed by atoms with Crippen LogP contribution >= 0.6 is 0 Å². The van der Waals surface area contributed by atoms with Crippen LogP contribution in [0.1, 0.15) is 24.0 Å². The molecule has 0 bridgehead atoms. The van der Waals surface area contributed by atoms with E-state index in [1.165, 1.54) is 21.8 Å². The van der Waals surface area contributed by atoms with Crippen molar-refractivity contribution in [3.8, 4) is 0 Å². The fourth-order valence-corrected chi connectivity index (χ4v) is 3.36. The van der Waals surface area contributed by atoms with Crippen molar-refractivity contribution in [3.63, 3.8) is 0 Å². The zero-order chi connectivity index (χ0) is 21.5. The zero-order valence-corrected chi connectivity index (χ0v) is 16.3. The smallest absolute Gasteiger partial charge is 0.430 e. The summed E-state index contributed by atoms with van der Waals surface area (Å²) in [6.45, 7) is 2.32. The number of ether oxygens (including phenoxy) is 1. The molecule has 0 N–H and O–H groups in total. The normalized spacial score (nSPS) is 14.6. The highest BCUT2D eigenvalue weighted by Crippen LogP contribution is 2.24. The number of hydrogen-bond donors (Lipinski definition) is 0. The number of carbonyl (C=O) groups is 1. The Morgan fingerprint density at radius 2 is 2.13 bits per heavy atom. The molecule has 1 aliphatic heterocycles. The molecule has 3 aromatic heterocycles. The number of rotatable bonds is 4. The van der Waals surface area contributed by atoms with E-state index in [0.717, 1.165) is 0 Å². The molecule has 5 rings (SSSR count). The van der Waals surface area contributed by atoms with Crippen molar-refractivity contribution >= 4 is 28.4 Å². The van der Waals surface area contributed by atoms with Gasteiger partial charge in [0.2, 0.25) is 0 Å². The summed E-state index contributed by atoms with van der Waals surface area (Å²) in [6.07, 6.45) is 0.793. The molecule has 4 heterocycles. The molecule has 9 nitrogen and oxygen atoms in total. The Bertz CT molecular complexity index is 1370. The molecular weight excluding hydrogens is 408 g/mol. The van der Waals surface area contributed by atoms with Crippen molar-refractivity contribution < 1.29 is 18.3 Å². The Labute approximate surface area is 174 Å². The summed E-state index contributed by atoms with van der Waals surface area (Å²) in [6, 6.07) is 7.67. The van der Waals surface area contributed by atoms with Crippen molar-refractivity contribution in [2.24, 2.45) is 5.10 Å². The number of hydrazone groups is 1. The van der Waals surface area contributed by atoms with Gasteiger partial charge in [-0.1, -0.05) is 0 Å². The van der Waals surface area contributed by atoms with Gasteiger partial charge in [-0.05, 0) is 31.2 Å². The maximum absolute atomic E-state index is 15.0. The average Bonchev–Trinajstić information content (AvgIpc) is 3.36. The molecule has 0 spiro atoms. The van der Waals surface area contributed by atoms with Gasteiger partial charge in [-0.25, -0.2) is 13.6 Å². The lowest BCUT2D eigenvalue weighted by atomic mass is 10.1. The third-order valence-corrected chi connectivity index (χ3v) is 4.93. The first-order chi connectivity index (χ1) is 15.0. The fraction of sp³-hybridized carbons (Fsp3) is 0.200. The van der Waals surface area contributed by atoms with Crippen molar-refractivity contribution in [2.75, 3.05) is 13.2 Å². The Kier molecular flexibility index (Phi) is 4.50. The van der Waals surface area contributed by atoms with Crippen LogP contribution in [0.25, 0.3) is 16.6 Å². The maximum Gasteiger partial charge on any atom is 0.430 e. The minimum Gasteiger partial charge on any atom is -0.446 e. The number of aromatic nitrogens is 5. The van der Waals surface area contributed by atoms with E-state index in [0.29, 0.717) is 23.6 Å². The van der Waals surface area contributed by atoms with Crippen molar-refractivity contribution in [3.05, 3.63) is 65.2 Å². The Balaban J connectivity index is 1.53. The van der Waals surface area contributed by atoms with Crippen LogP contribution in [-0.4, -0.2) is 54.8 Å². The third-order valence-electron chi connectivity index (χ3n) is 4.93. The maximum atomic E-state index is 15.0. The quantitative estimate of drug-likeness (QED) is 0.468. The van der Waals surface area contributed by atoms with E-state index >= 15 is 0 Å². The van der Waals surface area contributed by atoms with Gasteiger partial charge >= 0.3 is 6.09 Å². The summed E-state index contributed by atoms with van der Waals surface area (Å²) in [5.41, 5.74) is 1.43. The van der Waals surface area contributed by atoms with Gasteiger partial charge in [-0.2, -0.15) is 19.7 Å². The van der Waals surface area contributed by atoms with Crippen LogP contribution < -0.4 is 0 Å². The average molecular weight is 423 g/mol. The van der Waals surface area contributed by atoms with E-state index < -0.39 is 17.7 Å². The van der Waals surface area contributed by atoms with Crippen LogP contribution in [0.4, 0.5) is 13.6 Å².